The molecule has 0 saturated carbocycles. The van der Waals surface area contributed by atoms with Gasteiger partial charge in [0, 0.05) is 6.61 Å². The average Bonchev–Trinajstić information content (AvgIpc) is 2.11. The van der Waals surface area contributed by atoms with Crippen molar-refractivity contribution in [2.45, 2.75) is 40.0 Å². The van der Waals surface area contributed by atoms with Gasteiger partial charge in [0.05, 0.1) is 0 Å². The summed E-state index contributed by atoms with van der Waals surface area (Å²) in [5.41, 5.74) is 0. The normalized spacial score (nSPS) is 16.7. The van der Waals surface area contributed by atoms with Crippen LogP contribution in [0.4, 0.5) is 0 Å². The summed E-state index contributed by atoms with van der Waals surface area (Å²) in [6.07, 6.45) is 7.92. The number of allylic oxidation sites excluding steroid dienone is 2. The quantitative estimate of drug-likeness (QED) is 0.608. The van der Waals surface area contributed by atoms with Crippen LogP contribution in [0, 0.1) is 11.8 Å². The summed E-state index contributed by atoms with van der Waals surface area (Å²) in [5.74, 6) is 1.10. The van der Waals surface area contributed by atoms with Gasteiger partial charge in [-0.3, -0.25) is 0 Å². The summed E-state index contributed by atoms with van der Waals surface area (Å²) < 4.78 is 0. The van der Waals surface area contributed by atoms with Crippen molar-refractivity contribution < 1.29 is 5.11 Å². The molecule has 1 N–H and O–H groups in total. The lowest BCUT2D eigenvalue weighted by Crippen LogP contribution is -2.06. The Hall–Kier alpha value is -0.300. The van der Waals surface area contributed by atoms with Gasteiger partial charge in [0.15, 0.2) is 0 Å². The molecule has 0 aromatic heterocycles. The number of rotatable bonds is 6. The van der Waals surface area contributed by atoms with Gasteiger partial charge in [-0.15, -0.1) is 0 Å². The lowest BCUT2D eigenvalue weighted by molar-refractivity contribution is 0.218. The summed E-state index contributed by atoms with van der Waals surface area (Å²) in [4.78, 5) is 0. The van der Waals surface area contributed by atoms with Gasteiger partial charge in [-0.1, -0.05) is 32.9 Å². The molecule has 0 aliphatic carbocycles. The maximum Gasteiger partial charge on any atom is 0.0456 e. The Bertz CT molecular complexity index is 118. The molecule has 1 nitrogen and oxygen atoms in total. The van der Waals surface area contributed by atoms with Crippen LogP contribution in [-0.2, 0) is 0 Å². The first-order valence-corrected chi connectivity index (χ1v) is 5.02. The third kappa shape index (κ3) is 5.36. The first kappa shape index (κ1) is 11.7. The Morgan fingerprint density at radius 1 is 1.33 bits per heavy atom. The molecule has 0 bridgehead atoms. The van der Waals surface area contributed by atoms with E-state index in [1.807, 2.05) is 0 Å². The fraction of sp³-hybridized carbons (Fsp3) is 0.818. The zero-order valence-electron chi connectivity index (χ0n) is 8.59. The molecule has 0 amide bonds. The van der Waals surface area contributed by atoms with E-state index in [4.69, 9.17) is 5.11 Å². The SMILES string of the molecule is CC/C=C/[C@H](CC)C[C@H](C)CO. The van der Waals surface area contributed by atoms with Gasteiger partial charge >= 0.3 is 0 Å². The van der Waals surface area contributed by atoms with E-state index in [0.717, 1.165) is 12.8 Å². The molecule has 0 aliphatic heterocycles. The van der Waals surface area contributed by atoms with Crippen LogP contribution in [0.5, 0.6) is 0 Å². The van der Waals surface area contributed by atoms with E-state index in [-0.39, 0.29) is 0 Å². The zero-order chi connectivity index (χ0) is 9.40. The van der Waals surface area contributed by atoms with Crippen molar-refractivity contribution in [3.05, 3.63) is 12.2 Å². The average molecular weight is 170 g/mol. The molecule has 0 aliphatic rings. The number of aliphatic hydroxyl groups excluding tert-OH is 1. The fourth-order valence-electron chi connectivity index (χ4n) is 1.30. The fourth-order valence-corrected chi connectivity index (χ4v) is 1.30. The molecule has 0 heterocycles. The maximum atomic E-state index is 8.88. The summed E-state index contributed by atoms with van der Waals surface area (Å²) in [5, 5.41) is 8.88. The molecule has 0 saturated heterocycles. The summed E-state index contributed by atoms with van der Waals surface area (Å²) in [6.45, 7) is 6.77. The number of hydrogen-bond acceptors (Lipinski definition) is 1. The van der Waals surface area contributed by atoms with Gasteiger partial charge in [-0.25, -0.2) is 0 Å². The van der Waals surface area contributed by atoms with Crippen molar-refractivity contribution in [2.24, 2.45) is 11.8 Å². The van der Waals surface area contributed by atoms with Crippen LogP contribution in [0.15, 0.2) is 12.2 Å². The van der Waals surface area contributed by atoms with E-state index in [0.29, 0.717) is 18.4 Å². The second kappa shape index (κ2) is 7.35. The molecule has 0 spiro atoms. The minimum atomic E-state index is 0.316. The van der Waals surface area contributed by atoms with Gasteiger partial charge in [-0.2, -0.15) is 0 Å². The topological polar surface area (TPSA) is 20.2 Å². The molecule has 12 heavy (non-hydrogen) atoms. The lowest BCUT2D eigenvalue weighted by atomic mass is 9.93. The van der Waals surface area contributed by atoms with Gasteiger partial charge in [-0.05, 0) is 31.1 Å². The second-order valence-electron chi connectivity index (χ2n) is 3.53. The van der Waals surface area contributed by atoms with Gasteiger partial charge in [0.25, 0.3) is 0 Å². The Morgan fingerprint density at radius 2 is 2.00 bits per heavy atom. The molecular formula is C11H22O. The Labute approximate surface area is 76.5 Å². The highest BCUT2D eigenvalue weighted by molar-refractivity contribution is 4.87. The van der Waals surface area contributed by atoms with Crippen LogP contribution in [0.25, 0.3) is 0 Å². The minimum absolute atomic E-state index is 0.316. The van der Waals surface area contributed by atoms with Crippen LogP contribution < -0.4 is 0 Å². The maximum absolute atomic E-state index is 8.88. The predicted molar refractivity (Wildman–Crippen MR) is 54.1 cm³/mol. The summed E-state index contributed by atoms with van der Waals surface area (Å²) >= 11 is 0. The van der Waals surface area contributed by atoms with Crippen molar-refractivity contribution in [1.29, 1.82) is 0 Å². The molecular weight excluding hydrogens is 148 g/mol. The van der Waals surface area contributed by atoms with E-state index in [1.54, 1.807) is 0 Å². The molecule has 0 radical (unpaired) electrons. The van der Waals surface area contributed by atoms with Crippen molar-refractivity contribution in [1.82, 2.24) is 0 Å². The smallest absolute Gasteiger partial charge is 0.0456 e. The lowest BCUT2D eigenvalue weighted by Gasteiger charge is -2.14. The zero-order valence-corrected chi connectivity index (χ0v) is 8.59. The number of aliphatic hydroxyl groups is 1. The van der Waals surface area contributed by atoms with Gasteiger partial charge < -0.3 is 5.11 Å². The highest BCUT2D eigenvalue weighted by Crippen LogP contribution is 2.16. The molecule has 72 valence electrons. The van der Waals surface area contributed by atoms with Gasteiger partial charge in [0.2, 0.25) is 0 Å². The molecule has 0 aromatic rings. The van der Waals surface area contributed by atoms with Crippen LogP contribution >= 0.6 is 0 Å². The summed E-state index contributed by atoms with van der Waals surface area (Å²) in [7, 11) is 0. The molecule has 1 heteroatoms. The number of hydrogen-bond donors (Lipinski definition) is 1. The Morgan fingerprint density at radius 3 is 2.42 bits per heavy atom. The molecule has 0 unspecified atom stereocenters. The third-order valence-corrected chi connectivity index (χ3v) is 2.19. The second-order valence-corrected chi connectivity index (χ2v) is 3.53. The Kier molecular flexibility index (Phi) is 7.17. The summed E-state index contributed by atoms with van der Waals surface area (Å²) in [6, 6.07) is 0. The van der Waals surface area contributed by atoms with Crippen molar-refractivity contribution >= 4 is 0 Å². The molecule has 0 fully saturated rings. The van der Waals surface area contributed by atoms with Crippen molar-refractivity contribution in [3.8, 4) is 0 Å². The first-order valence-electron chi connectivity index (χ1n) is 5.02. The standard InChI is InChI=1S/C11H22O/c1-4-6-7-11(5-2)8-10(3)9-12/h6-7,10-12H,4-5,8-9H2,1-3H3/b7-6+/t10-,11-/m0/s1. The monoisotopic (exact) mass is 170 g/mol. The van der Waals surface area contributed by atoms with Crippen LogP contribution in [0.3, 0.4) is 0 Å². The molecule has 2 atom stereocenters. The Balaban J connectivity index is 3.74. The predicted octanol–water partition coefficient (Wildman–Crippen LogP) is 3.00. The highest BCUT2D eigenvalue weighted by Gasteiger charge is 2.06. The third-order valence-electron chi connectivity index (χ3n) is 2.19. The van der Waals surface area contributed by atoms with E-state index in [9.17, 15) is 0 Å². The van der Waals surface area contributed by atoms with E-state index in [2.05, 4.69) is 32.9 Å². The first-order chi connectivity index (χ1) is 5.74. The molecule has 0 aromatic carbocycles. The van der Waals surface area contributed by atoms with E-state index in [1.165, 1.54) is 6.42 Å². The van der Waals surface area contributed by atoms with Crippen LogP contribution in [0.2, 0.25) is 0 Å². The van der Waals surface area contributed by atoms with E-state index >= 15 is 0 Å². The van der Waals surface area contributed by atoms with Crippen LogP contribution in [0.1, 0.15) is 40.0 Å². The van der Waals surface area contributed by atoms with Crippen LogP contribution in [-0.4, -0.2) is 11.7 Å². The largest absolute Gasteiger partial charge is 0.396 e. The minimum Gasteiger partial charge on any atom is -0.396 e. The van der Waals surface area contributed by atoms with Crippen molar-refractivity contribution in [2.75, 3.05) is 6.61 Å². The van der Waals surface area contributed by atoms with Crippen molar-refractivity contribution in [3.63, 3.8) is 0 Å². The molecule has 0 rings (SSSR count). The van der Waals surface area contributed by atoms with Gasteiger partial charge in [0.1, 0.15) is 0 Å². The van der Waals surface area contributed by atoms with E-state index < -0.39 is 0 Å². The highest BCUT2D eigenvalue weighted by atomic mass is 16.3.